The largest absolute Gasteiger partial charge is 0.371 e. The molecule has 0 aromatic heterocycles. The van der Waals surface area contributed by atoms with E-state index in [4.69, 9.17) is 10.6 Å². The van der Waals surface area contributed by atoms with E-state index >= 15 is 0 Å². The molecule has 0 aliphatic rings. The Labute approximate surface area is 95.8 Å². The second-order valence-corrected chi connectivity index (χ2v) is 4.57. The fraction of sp³-hybridized carbons (Fsp3) is 0.417. The molecular formula is C12H18N2O2. The fourth-order valence-corrected chi connectivity index (χ4v) is 1.19. The Morgan fingerprint density at radius 1 is 1.44 bits per heavy atom. The van der Waals surface area contributed by atoms with Crippen LogP contribution in [0.1, 0.15) is 36.7 Å². The molecule has 0 atom stereocenters. The summed E-state index contributed by atoms with van der Waals surface area (Å²) in [4.78, 5) is 11.3. The van der Waals surface area contributed by atoms with E-state index in [1.165, 1.54) is 0 Å². The van der Waals surface area contributed by atoms with Crippen LogP contribution >= 0.6 is 0 Å². The van der Waals surface area contributed by atoms with Gasteiger partial charge in [-0.15, -0.1) is 0 Å². The van der Waals surface area contributed by atoms with Crippen molar-refractivity contribution in [2.75, 3.05) is 0 Å². The van der Waals surface area contributed by atoms with Crippen LogP contribution in [0, 0.1) is 0 Å². The van der Waals surface area contributed by atoms with E-state index in [-0.39, 0.29) is 11.5 Å². The van der Waals surface area contributed by atoms with Gasteiger partial charge in [-0.1, -0.05) is 12.1 Å². The van der Waals surface area contributed by atoms with Crippen molar-refractivity contribution in [1.82, 2.24) is 5.43 Å². The smallest absolute Gasteiger partial charge is 0.265 e. The van der Waals surface area contributed by atoms with Crippen LogP contribution < -0.4 is 11.3 Å². The Hall–Kier alpha value is -1.39. The molecule has 1 amide bonds. The summed E-state index contributed by atoms with van der Waals surface area (Å²) in [5, 5.41) is 0. The van der Waals surface area contributed by atoms with Crippen molar-refractivity contribution in [2.45, 2.75) is 33.0 Å². The molecule has 3 N–H and O–H groups in total. The second-order valence-electron chi connectivity index (χ2n) is 4.57. The van der Waals surface area contributed by atoms with Crippen molar-refractivity contribution >= 4 is 5.91 Å². The monoisotopic (exact) mass is 222 g/mol. The molecule has 0 aliphatic carbocycles. The van der Waals surface area contributed by atoms with E-state index in [0.29, 0.717) is 12.2 Å². The molecule has 0 bridgehead atoms. The van der Waals surface area contributed by atoms with Crippen molar-refractivity contribution in [3.63, 3.8) is 0 Å². The number of hydrogen-bond acceptors (Lipinski definition) is 3. The SMILES string of the molecule is CC(C)(C)OCc1cccc(C(=O)NN)c1. The zero-order chi connectivity index (χ0) is 12.2. The van der Waals surface area contributed by atoms with Crippen molar-refractivity contribution in [3.05, 3.63) is 35.4 Å². The van der Waals surface area contributed by atoms with Crippen LogP contribution in [0.4, 0.5) is 0 Å². The number of amides is 1. The van der Waals surface area contributed by atoms with Gasteiger partial charge in [-0.2, -0.15) is 0 Å². The van der Waals surface area contributed by atoms with Gasteiger partial charge in [-0.3, -0.25) is 10.2 Å². The molecule has 0 saturated carbocycles. The standard InChI is InChI=1S/C12H18N2O2/c1-12(2,3)16-8-9-5-4-6-10(7-9)11(15)14-13/h4-7H,8,13H2,1-3H3,(H,14,15). The molecular weight excluding hydrogens is 204 g/mol. The van der Waals surface area contributed by atoms with Crippen LogP contribution in [0.25, 0.3) is 0 Å². The summed E-state index contributed by atoms with van der Waals surface area (Å²) in [6, 6.07) is 7.21. The molecule has 1 aromatic carbocycles. The zero-order valence-electron chi connectivity index (χ0n) is 9.91. The highest BCUT2D eigenvalue weighted by Gasteiger charge is 2.10. The number of hydrazine groups is 1. The highest BCUT2D eigenvalue weighted by molar-refractivity contribution is 5.93. The first-order chi connectivity index (χ1) is 7.42. The summed E-state index contributed by atoms with van der Waals surface area (Å²) in [5.74, 6) is 4.77. The molecule has 0 heterocycles. The molecule has 4 nitrogen and oxygen atoms in total. The molecule has 1 aromatic rings. The van der Waals surface area contributed by atoms with Crippen LogP contribution in [-0.4, -0.2) is 11.5 Å². The van der Waals surface area contributed by atoms with Crippen LogP contribution in [-0.2, 0) is 11.3 Å². The van der Waals surface area contributed by atoms with Crippen LogP contribution in [0.2, 0.25) is 0 Å². The molecule has 1 rings (SSSR count). The van der Waals surface area contributed by atoms with E-state index in [0.717, 1.165) is 5.56 Å². The molecule has 0 fully saturated rings. The van der Waals surface area contributed by atoms with E-state index in [1.54, 1.807) is 12.1 Å². The number of carbonyl (C=O) groups excluding carboxylic acids is 1. The number of nitrogens with one attached hydrogen (secondary N) is 1. The van der Waals surface area contributed by atoms with Gasteiger partial charge in [0.25, 0.3) is 5.91 Å². The molecule has 4 heteroatoms. The number of nitrogens with two attached hydrogens (primary N) is 1. The number of carbonyl (C=O) groups is 1. The average Bonchev–Trinajstić information content (AvgIpc) is 2.25. The Morgan fingerprint density at radius 2 is 2.12 bits per heavy atom. The lowest BCUT2D eigenvalue weighted by atomic mass is 10.1. The quantitative estimate of drug-likeness (QED) is 0.464. The number of benzene rings is 1. The van der Waals surface area contributed by atoms with E-state index in [1.807, 2.05) is 32.9 Å². The number of nitrogen functional groups attached to an aromatic ring is 1. The lowest BCUT2D eigenvalue weighted by molar-refractivity contribution is -0.0149. The number of rotatable bonds is 3. The van der Waals surface area contributed by atoms with Crippen LogP contribution in [0.5, 0.6) is 0 Å². The molecule has 88 valence electrons. The van der Waals surface area contributed by atoms with Gasteiger partial charge in [0.2, 0.25) is 0 Å². The second kappa shape index (κ2) is 5.09. The summed E-state index contributed by atoms with van der Waals surface area (Å²) >= 11 is 0. The van der Waals surface area contributed by atoms with Gasteiger partial charge in [0.15, 0.2) is 0 Å². The third-order valence-electron chi connectivity index (χ3n) is 1.99. The third-order valence-corrected chi connectivity index (χ3v) is 1.99. The maximum atomic E-state index is 11.3. The van der Waals surface area contributed by atoms with Crippen molar-refractivity contribution < 1.29 is 9.53 Å². The predicted octanol–water partition coefficient (Wildman–Crippen LogP) is 1.61. The van der Waals surface area contributed by atoms with E-state index in [9.17, 15) is 4.79 Å². The van der Waals surface area contributed by atoms with Gasteiger partial charge in [0, 0.05) is 5.56 Å². The lowest BCUT2D eigenvalue weighted by Gasteiger charge is -2.19. The van der Waals surface area contributed by atoms with Crippen LogP contribution in [0.3, 0.4) is 0 Å². The Kier molecular flexibility index (Phi) is 4.04. The summed E-state index contributed by atoms with van der Waals surface area (Å²) < 4.78 is 5.62. The minimum absolute atomic E-state index is 0.188. The fourth-order valence-electron chi connectivity index (χ4n) is 1.19. The van der Waals surface area contributed by atoms with Crippen molar-refractivity contribution in [1.29, 1.82) is 0 Å². The van der Waals surface area contributed by atoms with E-state index in [2.05, 4.69) is 5.43 Å². The summed E-state index contributed by atoms with van der Waals surface area (Å²) in [6.07, 6.45) is 0. The summed E-state index contributed by atoms with van der Waals surface area (Å²) in [5.41, 5.74) is 3.41. The Morgan fingerprint density at radius 3 is 2.69 bits per heavy atom. The third kappa shape index (κ3) is 4.00. The maximum absolute atomic E-state index is 11.3. The Bertz CT molecular complexity index is 370. The van der Waals surface area contributed by atoms with Crippen molar-refractivity contribution in [3.8, 4) is 0 Å². The van der Waals surface area contributed by atoms with Crippen molar-refractivity contribution in [2.24, 2.45) is 5.84 Å². The van der Waals surface area contributed by atoms with Gasteiger partial charge >= 0.3 is 0 Å². The molecule has 0 radical (unpaired) electrons. The minimum Gasteiger partial charge on any atom is -0.371 e. The first kappa shape index (κ1) is 12.7. The molecule has 16 heavy (non-hydrogen) atoms. The topological polar surface area (TPSA) is 64.3 Å². The summed E-state index contributed by atoms with van der Waals surface area (Å²) in [6.45, 7) is 6.45. The first-order valence-electron chi connectivity index (χ1n) is 5.16. The molecule has 0 unspecified atom stereocenters. The van der Waals surface area contributed by atoms with E-state index < -0.39 is 0 Å². The molecule has 0 saturated heterocycles. The van der Waals surface area contributed by atoms with Crippen LogP contribution in [0.15, 0.2) is 24.3 Å². The van der Waals surface area contributed by atoms with Gasteiger partial charge < -0.3 is 4.74 Å². The van der Waals surface area contributed by atoms with Gasteiger partial charge in [-0.25, -0.2) is 5.84 Å². The lowest BCUT2D eigenvalue weighted by Crippen LogP contribution is -2.30. The normalized spacial score (nSPS) is 11.2. The minimum atomic E-state index is -0.294. The Balaban J connectivity index is 2.71. The maximum Gasteiger partial charge on any atom is 0.265 e. The highest BCUT2D eigenvalue weighted by atomic mass is 16.5. The van der Waals surface area contributed by atoms with Gasteiger partial charge in [-0.05, 0) is 38.5 Å². The number of ether oxygens (including phenoxy) is 1. The number of hydrogen-bond donors (Lipinski definition) is 2. The molecule has 0 spiro atoms. The average molecular weight is 222 g/mol. The summed E-state index contributed by atoms with van der Waals surface area (Å²) in [7, 11) is 0. The highest BCUT2D eigenvalue weighted by Crippen LogP contribution is 2.12. The first-order valence-corrected chi connectivity index (χ1v) is 5.16. The predicted molar refractivity (Wildman–Crippen MR) is 62.6 cm³/mol. The molecule has 0 aliphatic heterocycles. The van der Waals surface area contributed by atoms with Gasteiger partial charge in [0.1, 0.15) is 0 Å². The van der Waals surface area contributed by atoms with Gasteiger partial charge in [0.05, 0.1) is 12.2 Å². The zero-order valence-corrected chi connectivity index (χ0v) is 9.91.